The maximum absolute atomic E-state index is 12.1. The van der Waals surface area contributed by atoms with Crippen molar-refractivity contribution in [2.75, 3.05) is 18.8 Å². The molecule has 1 saturated heterocycles. The highest BCUT2D eigenvalue weighted by molar-refractivity contribution is 7.89. The first-order valence-corrected chi connectivity index (χ1v) is 10.9. The molecule has 1 aliphatic heterocycles. The number of piperidine rings is 1. The predicted octanol–water partition coefficient (Wildman–Crippen LogP) is 1.07. The second-order valence-electron chi connectivity index (χ2n) is 5.98. The van der Waals surface area contributed by atoms with Gasteiger partial charge in [-0.15, -0.1) is 0 Å². The second-order valence-corrected chi connectivity index (χ2v) is 8.69. The Balaban J connectivity index is 1.46. The van der Waals surface area contributed by atoms with E-state index < -0.39 is 10.0 Å². The monoisotopic (exact) mass is 396 g/mol. The van der Waals surface area contributed by atoms with Gasteiger partial charge in [0.2, 0.25) is 21.8 Å². The van der Waals surface area contributed by atoms with Crippen LogP contribution in [0, 0.1) is 0 Å². The Hall–Kier alpha value is -2.04. The van der Waals surface area contributed by atoms with Crippen molar-refractivity contribution in [1.82, 2.24) is 19.4 Å². The van der Waals surface area contributed by atoms with Gasteiger partial charge in [-0.25, -0.2) is 13.1 Å². The Morgan fingerprint density at radius 1 is 1.15 bits per heavy atom. The van der Waals surface area contributed by atoms with Gasteiger partial charge in [0, 0.05) is 43.1 Å². The Morgan fingerprint density at radius 2 is 1.92 bits per heavy atom. The molecule has 0 aromatic carbocycles. The molecule has 8 nitrogen and oxygen atoms in total. The van der Waals surface area contributed by atoms with E-state index in [9.17, 15) is 18.0 Å². The number of nitrogens with zero attached hydrogens (tertiary/aromatic N) is 3. The van der Waals surface area contributed by atoms with Crippen LogP contribution in [0.15, 0.2) is 29.1 Å². The number of nitrogens with one attached hydrogen (secondary N) is 1. The van der Waals surface area contributed by atoms with Crippen molar-refractivity contribution in [3.05, 3.63) is 29.1 Å². The van der Waals surface area contributed by atoms with Crippen LogP contribution in [-0.4, -0.2) is 53.8 Å². The van der Waals surface area contributed by atoms with Gasteiger partial charge in [-0.05, 0) is 23.9 Å². The molecular formula is C16H20N4O4S2. The third-order valence-electron chi connectivity index (χ3n) is 4.09. The van der Waals surface area contributed by atoms with Crippen LogP contribution in [-0.2, 0) is 26.2 Å². The van der Waals surface area contributed by atoms with Gasteiger partial charge >= 0.3 is 0 Å². The normalized spacial score (nSPS) is 15.6. The number of hydrogen-bond donors (Lipinski definition) is 1. The van der Waals surface area contributed by atoms with E-state index in [0.717, 1.165) is 16.2 Å². The molecular weight excluding hydrogens is 376 g/mol. The molecule has 1 aliphatic rings. The van der Waals surface area contributed by atoms with E-state index in [2.05, 4.69) is 9.82 Å². The van der Waals surface area contributed by atoms with E-state index in [-0.39, 0.29) is 30.7 Å². The number of carbonyl (C=O) groups excluding carboxylic acids is 2. The predicted molar refractivity (Wildman–Crippen MR) is 97.9 cm³/mol. The molecule has 26 heavy (non-hydrogen) atoms. The van der Waals surface area contributed by atoms with E-state index in [1.54, 1.807) is 22.2 Å². The van der Waals surface area contributed by atoms with Crippen LogP contribution in [0.2, 0.25) is 0 Å². The topological polar surface area (TPSA) is 101 Å². The lowest BCUT2D eigenvalue weighted by Crippen LogP contribution is -2.44. The van der Waals surface area contributed by atoms with Gasteiger partial charge in [0.1, 0.15) is 0 Å². The van der Waals surface area contributed by atoms with Gasteiger partial charge in [0.15, 0.2) is 0 Å². The highest BCUT2D eigenvalue weighted by atomic mass is 32.2. The summed E-state index contributed by atoms with van der Waals surface area (Å²) in [5.41, 5.74) is 1.88. The van der Waals surface area contributed by atoms with Gasteiger partial charge in [0.05, 0.1) is 18.0 Å². The number of hydrogen-bond acceptors (Lipinski definition) is 6. The number of imide groups is 1. The lowest BCUT2D eigenvalue weighted by atomic mass is 10.1. The highest BCUT2D eigenvalue weighted by Crippen LogP contribution is 2.19. The average Bonchev–Trinajstić information content (AvgIpc) is 3.25. The van der Waals surface area contributed by atoms with Crippen molar-refractivity contribution in [1.29, 1.82) is 0 Å². The fraction of sp³-hybridized carbons (Fsp3) is 0.438. The minimum Gasteiger partial charge on any atom is -0.282 e. The first kappa shape index (κ1) is 18.7. The molecule has 1 N–H and O–H groups in total. The molecule has 140 valence electrons. The SMILES string of the molecule is O=C1CCCC(=O)N1CCS(=O)(=O)NCCn1ccc(-c2ccsc2)n1. The third kappa shape index (κ3) is 4.77. The number of thiophene rings is 1. The number of sulfonamides is 1. The van der Waals surface area contributed by atoms with E-state index in [4.69, 9.17) is 0 Å². The standard InChI is InChI=1S/C16H20N4O4S2/c21-15-2-1-3-16(22)20(15)9-11-26(23,24)17-6-8-19-7-4-14(18-19)13-5-10-25-12-13/h4-5,7,10,12,17H,1-3,6,8-9,11H2. The van der Waals surface area contributed by atoms with Crippen molar-refractivity contribution < 1.29 is 18.0 Å². The second kappa shape index (κ2) is 8.11. The lowest BCUT2D eigenvalue weighted by molar-refractivity contribution is -0.147. The molecule has 1 fully saturated rings. The third-order valence-corrected chi connectivity index (χ3v) is 6.13. The quantitative estimate of drug-likeness (QED) is 0.673. The lowest BCUT2D eigenvalue weighted by Gasteiger charge is -2.24. The maximum atomic E-state index is 12.1. The molecule has 0 atom stereocenters. The van der Waals surface area contributed by atoms with Crippen molar-refractivity contribution in [3.8, 4) is 11.3 Å². The molecule has 0 aliphatic carbocycles. The van der Waals surface area contributed by atoms with Crippen LogP contribution in [0.3, 0.4) is 0 Å². The molecule has 3 rings (SSSR count). The van der Waals surface area contributed by atoms with E-state index in [0.29, 0.717) is 25.8 Å². The van der Waals surface area contributed by atoms with Crippen molar-refractivity contribution in [2.45, 2.75) is 25.8 Å². The van der Waals surface area contributed by atoms with E-state index >= 15 is 0 Å². The minimum atomic E-state index is -3.57. The zero-order valence-corrected chi connectivity index (χ0v) is 15.8. The number of carbonyl (C=O) groups is 2. The zero-order valence-electron chi connectivity index (χ0n) is 14.1. The smallest absolute Gasteiger partial charge is 0.229 e. The summed E-state index contributed by atoms with van der Waals surface area (Å²) >= 11 is 1.59. The number of likely N-dealkylation sites (tertiary alicyclic amines) is 1. The van der Waals surface area contributed by atoms with E-state index in [1.165, 1.54) is 0 Å². The molecule has 2 amide bonds. The van der Waals surface area contributed by atoms with Crippen LogP contribution in [0.4, 0.5) is 0 Å². The maximum Gasteiger partial charge on any atom is 0.229 e. The van der Waals surface area contributed by atoms with Crippen molar-refractivity contribution in [2.24, 2.45) is 0 Å². The zero-order chi connectivity index (χ0) is 18.6. The summed E-state index contributed by atoms with van der Waals surface area (Å²) in [5.74, 6) is -0.882. The molecule has 3 heterocycles. The first-order valence-electron chi connectivity index (χ1n) is 8.31. The average molecular weight is 396 g/mol. The summed E-state index contributed by atoms with van der Waals surface area (Å²) in [7, 11) is -3.57. The number of rotatable bonds is 8. The van der Waals surface area contributed by atoms with Gasteiger partial charge in [0.25, 0.3) is 0 Å². The molecule has 0 radical (unpaired) electrons. The Morgan fingerprint density at radius 3 is 2.62 bits per heavy atom. The van der Waals surface area contributed by atoms with Gasteiger partial charge in [-0.3, -0.25) is 19.2 Å². The number of amides is 2. The highest BCUT2D eigenvalue weighted by Gasteiger charge is 2.27. The fourth-order valence-electron chi connectivity index (χ4n) is 2.70. The molecule has 0 bridgehead atoms. The largest absolute Gasteiger partial charge is 0.282 e. The molecule has 2 aromatic rings. The molecule has 0 unspecified atom stereocenters. The first-order chi connectivity index (χ1) is 12.4. The summed E-state index contributed by atoms with van der Waals surface area (Å²) in [6, 6.07) is 3.85. The van der Waals surface area contributed by atoms with Crippen molar-refractivity contribution in [3.63, 3.8) is 0 Å². The Kier molecular flexibility index (Phi) is 5.84. The summed E-state index contributed by atoms with van der Waals surface area (Å²) in [6.07, 6.45) is 2.93. The summed E-state index contributed by atoms with van der Waals surface area (Å²) in [5, 5.41) is 8.37. The van der Waals surface area contributed by atoms with Gasteiger partial charge < -0.3 is 0 Å². The van der Waals surface area contributed by atoms with Crippen LogP contribution >= 0.6 is 11.3 Å². The summed E-state index contributed by atoms with van der Waals surface area (Å²) < 4.78 is 28.3. The molecule has 2 aromatic heterocycles. The number of aromatic nitrogens is 2. The molecule has 0 spiro atoms. The minimum absolute atomic E-state index is 0.100. The van der Waals surface area contributed by atoms with Crippen LogP contribution in [0.25, 0.3) is 11.3 Å². The molecule has 0 saturated carbocycles. The summed E-state index contributed by atoms with van der Waals surface area (Å²) in [6.45, 7) is 0.483. The van der Waals surface area contributed by atoms with Crippen molar-refractivity contribution >= 4 is 33.2 Å². The fourth-order valence-corrected chi connectivity index (χ4v) is 4.32. The Labute approximate surface area is 155 Å². The summed E-state index contributed by atoms with van der Waals surface area (Å²) in [4.78, 5) is 24.4. The van der Waals surface area contributed by atoms with Gasteiger partial charge in [-0.2, -0.15) is 16.4 Å². The molecule has 10 heteroatoms. The van der Waals surface area contributed by atoms with Crippen LogP contribution < -0.4 is 4.72 Å². The van der Waals surface area contributed by atoms with Crippen LogP contribution in [0.5, 0.6) is 0 Å². The van der Waals surface area contributed by atoms with Gasteiger partial charge in [-0.1, -0.05) is 0 Å². The van der Waals surface area contributed by atoms with Crippen LogP contribution in [0.1, 0.15) is 19.3 Å². The van der Waals surface area contributed by atoms with E-state index in [1.807, 2.05) is 22.9 Å². The Bertz CT molecular complexity index is 858.